The van der Waals surface area contributed by atoms with Gasteiger partial charge in [0, 0.05) is 6.20 Å². The van der Waals surface area contributed by atoms with Crippen molar-refractivity contribution in [2.24, 2.45) is 0 Å². The number of halogens is 6. The van der Waals surface area contributed by atoms with Crippen LogP contribution in [0.3, 0.4) is 0 Å². The van der Waals surface area contributed by atoms with Crippen molar-refractivity contribution in [2.75, 3.05) is 6.61 Å². The van der Waals surface area contributed by atoms with Crippen LogP contribution in [0.4, 0.5) is 22.0 Å². The van der Waals surface area contributed by atoms with Crippen molar-refractivity contribution in [3.05, 3.63) is 21.0 Å². The average molecular weight is 411 g/mol. The number of aromatic nitrogens is 1. The summed E-state index contributed by atoms with van der Waals surface area (Å²) in [5.74, 6) is -2.51. The zero-order valence-corrected chi connectivity index (χ0v) is 12.0. The van der Waals surface area contributed by atoms with E-state index in [9.17, 15) is 26.7 Å². The Morgan fingerprint density at radius 2 is 2.05 bits per heavy atom. The van der Waals surface area contributed by atoms with Gasteiger partial charge in [-0.05, 0) is 29.5 Å². The smallest absolute Gasteiger partial charge is 0.462 e. The molecule has 0 saturated heterocycles. The van der Waals surface area contributed by atoms with Gasteiger partial charge < -0.3 is 9.47 Å². The van der Waals surface area contributed by atoms with Crippen LogP contribution >= 0.6 is 22.6 Å². The van der Waals surface area contributed by atoms with Crippen LogP contribution in [0.2, 0.25) is 0 Å². The number of ether oxygens (including phenoxy) is 2. The van der Waals surface area contributed by atoms with Crippen molar-refractivity contribution in [3.63, 3.8) is 0 Å². The van der Waals surface area contributed by atoms with Crippen LogP contribution in [-0.4, -0.2) is 23.9 Å². The molecule has 10 heteroatoms. The van der Waals surface area contributed by atoms with E-state index < -0.39 is 39.3 Å². The summed E-state index contributed by atoms with van der Waals surface area (Å²) in [7, 11) is 0. The number of rotatable bonds is 4. The lowest BCUT2D eigenvalue weighted by atomic mass is 10.2. The molecule has 0 aliphatic rings. The van der Waals surface area contributed by atoms with Gasteiger partial charge in [0.25, 0.3) is 6.43 Å². The largest absolute Gasteiger partial charge is 0.573 e. The third-order valence-electron chi connectivity index (χ3n) is 1.95. The summed E-state index contributed by atoms with van der Waals surface area (Å²) in [5.41, 5.74) is -1.91. The molecule has 0 N–H and O–H groups in total. The maximum atomic E-state index is 12.8. The zero-order valence-electron chi connectivity index (χ0n) is 9.80. The summed E-state index contributed by atoms with van der Waals surface area (Å²) >= 11 is 1.32. The van der Waals surface area contributed by atoms with Gasteiger partial charge in [-0.3, -0.25) is 0 Å². The molecule has 0 bridgehead atoms. The van der Waals surface area contributed by atoms with E-state index in [1.165, 1.54) is 29.5 Å². The van der Waals surface area contributed by atoms with Crippen LogP contribution < -0.4 is 4.74 Å². The number of hydrogen-bond acceptors (Lipinski definition) is 4. The highest BCUT2D eigenvalue weighted by Crippen LogP contribution is 2.38. The SMILES string of the molecule is CCOC(=O)c1cnc(I)c(C(F)F)c1OC(F)(F)F. The lowest BCUT2D eigenvalue weighted by molar-refractivity contribution is -0.275. The Morgan fingerprint density at radius 1 is 1.45 bits per heavy atom. The fourth-order valence-corrected chi connectivity index (χ4v) is 1.88. The van der Waals surface area contributed by atoms with Gasteiger partial charge in [0.05, 0.1) is 12.2 Å². The van der Waals surface area contributed by atoms with E-state index in [1.54, 1.807) is 0 Å². The second-order valence-corrected chi connectivity index (χ2v) is 4.30. The molecule has 0 spiro atoms. The van der Waals surface area contributed by atoms with Crippen LogP contribution in [0, 0.1) is 3.70 Å². The number of pyridine rings is 1. The highest BCUT2D eigenvalue weighted by Gasteiger charge is 2.37. The van der Waals surface area contributed by atoms with E-state index in [0.717, 1.165) is 0 Å². The Morgan fingerprint density at radius 3 is 2.50 bits per heavy atom. The van der Waals surface area contributed by atoms with Crippen molar-refractivity contribution in [1.82, 2.24) is 4.98 Å². The molecular formula is C10H7F5INO3. The van der Waals surface area contributed by atoms with Crippen LogP contribution in [-0.2, 0) is 4.74 Å². The molecule has 0 aromatic carbocycles. The van der Waals surface area contributed by atoms with Crippen molar-refractivity contribution in [2.45, 2.75) is 19.7 Å². The molecule has 0 unspecified atom stereocenters. The van der Waals surface area contributed by atoms with Gasteiger partial charge >= 0.3 is 12.3 Å². The van der Waals surface area contributed by atoms with Gasteiger partial charge in [-0.25, -0.2) is 18.6 Å². The molecule has 112 valence electrons. The second kappa shape index (κ2) is 6.50. The molecule has 1 aromatic rings. The third kappa shape index (κ3) is 4.15. The molecule has 0 fully saturated rings. The van der Waals surface area contributed by atoms with Crippen LogP contribution in [0.1, 0.15) is 29.3 Å². The first-order valence-corrected chi connectivity index (χ1v) is 6.14. The van der Waals surface area contributed by atoms with Gasteiger partial charge in [-0.2, -0.15) is 0 Å². The first-order chi connectivity index (χ1) is 9.17. The highest BCUT2D eigenvalue weighted by atomic mass is 127. The minimum absolute atomic E-state index is 0.139. The predicted octanol–water partition coefficient (Wildman–Crippen LogP) is 3.70. The second-order valence-electron chi connectivity index (χ2n) is 3.27. The predicted molar refractivity (Wildman–Crippen MR) is 64.6 cm³/mol. The molecular weight excluding hydrogens is 404 g/mol. The molecule has 0 radical (unpaired) electrons. The summed E-state index contributed by atoms with van der Waals surface area (Å²) in [4.78, 5) is 14.9. The van der Waals surface area contributed by atoms with Gasteiger partial charge in [-0.15, -0.1) is 13.2 Å². The number of alkyl halides is 5. The Kier molecular flexibility index (Phi) is 5.48. The van der Waals surface area contributed by atoms with Crippen molar-refractivity contribution < 1.29 is 36.2 Å². The van der Waals surface area contributed by atoms with Crippen LogP contribution in [0.15, 0.2) is 6.20 Å². The number of nitrogens with zero attached hydrogens (tertiary/aromatic N) is 1. The summed E-state index contributed by atoms with van der Waals surface area (Å²) < 4.78 is 70.2. The summed E-state index contributed by atoms with van der Waals surface area (Å²) in [6.07, 6.45) is -7.82. The monoisotopic (exact) mass is 411 g/mol. The maximum absolute atomic E-state index is 12.8. The average Bonchev–Trinajstić information content (AvgIpc) is 2.26. The van der Waals surface area contributed by atoms with E-state index in [0.29, 0.717) is 6.20 Å². The molecule has 1 aromatic heterocycles. The fraction of sp³-hybridized carbons (Fsp3) is 0.400. The van der Waals surface area contributed by atoms with Crippen molar-refractivity contribution in [3.8, 4) is 5.75 Å². The van der Waals surface area contributed by atoms with Gasteiger partial charge in [0.2, 0.25) is 0 Å². The first-order valence-electron chi connectivity index (χ1n) is 5.06. The Bertz CT molecular complexity index is 506. The first kappa shape index (κ1) is 16.9. The molecule has 0 aliphatic carbocycles. The molecule has 0 aliphatic heterocycles. The molecule has 0 atom stereocenters. The van der Waals surface area contributed by atoms with Gasteiger partial charge in [0.15, 0.2) is 5.75 Å². The maximum Gasteiger partial charge on any atom is 0.573 e. The zero-order chi connectivity index (χ0) is 15.5. The topological polar surface area (TPSA) is 48.4 Å². The van der Waals surface area contributed by atoms with E-state index in [-0.39, 0.29) is 6.61 Å². The third-order valence-corrected chi connectivity index (χ3v) is 2.81. The Balaban J connectivity index is 3.44. The number of carbonyl (C=O) groups excluding carboxylic acids is 1. The van der Waals surface area contributed by atoms with Gasteiger partial charge in [0.1, 0.15) is 9.26 Å². The fourth-order valence-electron chi connectivity index (χ4n) is 1.26. The number of esters is 1. The summed E-state index contributed by atoms with van der Waals surface area (Å²) in [6, 6.07) is 0. The minimum atomic E-state index is -5.23. The van der Waals surface area contributed by atoms with Crippen molar-refractivity contribution in [1.29, 1.82) is 0 Å². The molecule has 1 rings (SSSR count). The number of carbonyl (C=O) groups is 1. The van der Waals surface area contributed by atoms with Crippen molar-refractivity contribution >= 4 is 28.6 Å². The molecule has 0 saturated carbocycles. The lowest BCUT2D eigenvalue weighted by Crippen LogP contribution is -2.22. The molecule has 1 heterocycles. The van der Waals surface area contributed by atoms with E-state index in [4.69, 9.17) is 0 Å². The lowest BCUT2D eigenvalue weighted by Gasteiger charge is -2.16. The van der Waals surface area contributed by atoms with E-state index in [1.807, 2.05) is 0 Å². The highest BCUT2D eigenvalue weighted by molar-refractivity contribution is 14.1. The molecule has 20 heavy (non-hydrogen) atoms. The summed E-state index contributed by atoms with van der Waals surface area (Å²) in [6.45, 7) is 1.27. The molecule has 0 amide bonds. The normalized spacial score (nSPS) is 11.6. The standard InChI is InChI=1S/C10H7F5INO3/c1-2-19-9(18)4-3-17-8(16)5(7(11)12)6(4)20-10(13,14)15/h3,7H,2H2,1H3. The summed E-state index contributed by atoms with van der Waals surface area (Å²) in [5, 5.41) is 0. The Hall–Kier alpha value is -1.20. The van der Waals surface area contributed by atoms with E-state index >= 15 is 0 Å². The number of hydrogen-bond donors (Lipinski definition) is 0. The van der Waals surface area contributed by atoms with E-state index in [2.05, 4.69) is 14.5 Å². The Labute approximate surface area is 123 Å². The van der Waals surface area contributed by atoms with Crippen LogP contribution in [0.25, 0.3) is 0 Å². The minimum Gasteiger partial charge on any atom is -0.462 e. The van der Waals surface area contributed by atoms with Crippen LogP contribution in [0.5, 0.6) is 5.75 Å². The van der Waals surface area contributed by atoms with Gasteiger partial charge in [-0.1, -0.05) is 0 Å². The quantitative estimate of drug-likeness (QED) is 0.328. The molecule has 4 nitrogen and oxygen atoms in total.